The van der Waals surface area contributed by atoms with Crippen LogP contribution in [-0.2, 0) is 16.0 Å². The number of benzene rings is 1. The van der Waals surface area contributed by atoms with Gasteiger partial charge in [-0.2, -0.15) is 0 Å². The molecule has 6 heteroatoms. The molecule has 0 radical (unpaired) electrons. The van der Waals surface area contributed by atoms with Crippen LogP contribution in [-0.4, -0.2) is 17.9 Å². The topological polar surface area (TPSA) is 84.2 Å². The standard InChI is InChI=1S/C15H21N3O2.ClH/c1-15(2,3)13(16)14(20)17-10-6-4-9-5-7-12(19)18-11(9)8-10;/h4,6,8,13H,5,7,16H2,1-3H3,(H,17,20)(H,18,19);1H/t13-;/m1./s1. The normalized spacial score (nSPS) is 15.3. The SMILES string of the molecule is CC(C)(C)[C@H](N)C(=O)Nc1ccc2c(c1)NC(=O)CC2.Cl. The number of hydrogen-bond acceptors (Lipinski definition) is 3. The Morgan fingerprint density at radius 2 is 2.00 bits per heavy atom. The van der Waals surface area contributed by atoms with Crippen LogP contribution in [0.25, 0.3) is 0 Å². The minimum Gasteiger partial charge on any atom is -0.326 e. The summed E-state index contributed by atoms with van der Waals surface area (Å²) in [5.74, 6) is -0.216. The van der Waals surface area contributed by atoms with Crippen LogP contribution in [0.3, 0.4) is 0 Å². The molecule has 1 aliphatic heterocycles. The second kappa shape index (κ2) is 6.45. The highest BCUT2D eigenvalue weighted by atomic mass is 35.5. The van der Waals surface area contributed by atoms with Gasteiger partial charge in [-0.15, -0.1) is 12.4 Å². The Labute approximate surface area is 131 Å². The molecule has 2 amide bonds. The highest BCUT2D eigenvalue weighted by Crippen LogP contribution is 2.26. The zero-order chi connectivity index (χ0) is 14.9. The number of halogens is 1. The molecule has 0 saturated heterocycles. The van der Waals surface area contributed by atoms with E-state index in [1.807, 2.05) is 32.9 Å². The van der Waals surface area contributed by atoms with Gasteiger partial charge in [0.15, 0.2) is 0 Å². The molecule has 0 spiro atoms. The molecule has 0 fully saturated rings. The van der Waals surface area contributed by atoms with E-state index in [0.717, 1.165) is 17.7 Å². The number of amides is 2. The lowest BCUT2D eigenvalue weighted by Crippen LogP contribution is -2.45. The molecule has 0 bridgehead atoms. The number of carbonyl (C=O) groups excluding carboxylic acids is 2. The maximum Gasteiger partial charge on any atom is 0.241 e. The van der Waals surface area contributed by atoms with Crippen molar-refractivity contribution in [3.63, 3.8) is 0 Å². The molecule has 0 aromatic heterocycles. The summed E-state index contributed by atoms with van der Waals surface area (Å²) in [5, 5.41) is 5.61. The third-order valence-electron chi connectivity index (χ3n) is 3.49. The van der Waals surface area contributed by atoms with Crippen molar-refractivity contribution in [2.75, 3.05) is 10.6 Å². The molecule has 5 nitrogen and oxygen atoms in total. The summed E-state index contributed by atoms with van der Waals surface area (Å²) in [6, 6.07) is 4.95. The van der Waals surface area contributed by atoms with Crippen molar-refractivity contribution in [2.45, 2.75) is 39.7 Å². The zero-order valence-corrected chi connectivity index (χ0v) is 13.3. The van der Waals surface area contributed by atoms with Gasteiger partial charge in [0.05, 0.1) is 6.04 Å². The van der Waals surface area contributed by atoms with Crippen molar-refractivity contribution in [1.82, 2.24) is 0 Å². The number of fused-ring (bicyclic) bond motifs is 1. The van der Waals surface area contributed by atoms with Crippen LogP contribution in [0.15, 0.2) is 18.2 Å². The average Bonchev–Trinajstić information content (AvgIpc) is 2.36. The first kappa shape index (κ1) is 17.5. The summed E-state index contributed by atoms with van der Waals surface area (Å²) in [7, 11) is 0. The van der Waals surface area contributed by atoms with Crippen LogP contribution < -0.4 is 16.4 Å². The van der Waals surface area contributed by atoms with Crippen molar-refractivity contribution in [1.29, 1.82) is 0 Å². The van der Waals surface area contributed by atoms with Gasteiger partial charge in [-0.05, 0) is 29.5 Å². The molecule has 21 heavy (non-hydrogen) atoms. The van der Waals surface area contributed by atoms with Gasteiger partial charge in [0.2, 0.25) is 11.8 Å². The molecular formula is C15H22ClN3O2. The van der Waals surface area contributed by atoms with E-state index < -0.39 is 6.04 Å². The number of anilines is 2. The van der Waals surface area contributed by atoms with Crippen LogP contribution in [0.5, 0.6) is 0 Å². The van der Waals surface area contributed by atoms with Gasteiger partial charge in [-0.3, -0.25) is 9.59 Å². The molecule has 4 N–H and O–H groups in total. The summed E-state index contributed by atoms with van der Waals surface area (Å²) in [4.78, 5) is 23.4. The lowest BCUT2D eigenvalue weighted by Gasteiger charge is -2.26. The molecule has 1 aromatic rings. The second-order valence-corrected chi connectivity index (χ2v) is 6.25. The van der Waals surface area contributed by atoms with Gasteiger partial charge >= 0.3 is 0 Å². The lowest BCUT2D eigenvalue weighted by molar-refractivity contribution is -0.119. The van der Waals surface area contributed by atoms with Gasteiger partial charge in [-0.25, -0.2) is 0 Å². The van der Waals surface area contributed by atoms with Crippen LogP contribution in [0.2, 0.25) is 0 Å². The molecule has 1 aromatic carbocycles. The summed E-state index contributed by atoms with van der Waals surface area (Å²) >= 11 is 0. The van der Waals surface area contributed by atoms with Crippen molar-refractivity contribution in [3.8, 4) is 0 Å². The van der Waals surface area contributed by atoms with E-state index in [1.54, 1.807) is 6.07 Å². The summed E-state index contributed by atoms with van der Waals surface area (Å²) in [5.41, 5.74) is 8.12. The predicted molar refractivity (Wildman–Crippen MR) is 86.7 cm³/mol. The van der Waals surface area contributed by atoms with Crippen LogP contribution in [0.4, 0.5) is 11.4 Å². The maximum atomic E-state index is 12.1. The number of nitrogens with one attached hydrogen (secondary N) is 2. The fourth-order valence-corrected chi connectivity index (χ4v) is 2.06. The fraction of sp³-hybridized carbons (Fsp3) is 0.467. The molecule has 1 heterocycles. The number of rotatable bonds is 2. The highest BCUT2D eigenvalue weighted by Gasteiger charge is 2.27. The third-order valence-corrected chi connectivity index (χ3v) is 3.49. The monoisotopic (exact) mass is 311 g/mol. The van der Waals surface area contributed by atoms with E-state index in [0.29, 0.717) is 12.1 Å². The average molecular weight is 312 g/mol. The first-order chi connectivity index (χ1) is 9.27. The first-order valence-electron chi connectivity index (χ1n) is 6.76. The highest BCUT2D eigenvalue weighted by molar-refractivity contribution is 5.98. The van der Waals surface area contributed by atoms with E-state index in [1.165, 1.54) is 0 Å². The molecule has 1 atom stereocenters. The Balaban J connectivity index is 0.00000220. The molecule has 1 aliphatic rings. The molecular weight excluding hydrogens is 290 g/mol. The van der Waals surface area contributed by atoms with Crippen molar-refractivity contribution < 1.29 is 9.59 Å². The predicted octanol–water partition coefficient (Wildman–Crippen LogP) is 2.31. The number of aryl methyl sites for hydroxylation is 1. The van der Waals surface area contributed by atoms with Crippen LogP contribution in [0.1, 0.15) is 32.8 Å². The van der Waals surface area contributed by atoms with Gasteiger partial charge in [-0.1, -0.05) is 26.8 Å². The summed E-state index contributed by atoms with van der Waals surface area (Å²) in [6.07, 6.45) is 1.24. The lowest BCUT2D eigenvalue weighted by atomic mass is 9.87. The Hall–Kier alpha value is -1.59. The number of nitrogens with two attached hydrogens (primary N) is 1. The molecule has 0 saturated carbocycles. The van der Waals surface area contributed by atoms with Gasteiger partial charge < -0.3 is 16.4 Å². The fourth-order valence-electron chi connectivity index (χ4n) is 2.06. The van der Waals surface area contributed by atoms with Crippen molar-refractivity contribution in [2.24, 2.45) is 11.1 Å². The molecule has 0 unspecified atom stereocenters. The Morgan fingerprint density at radius 1 is 1.33 bits per heavy atom. The minimum atomic E-state index is -0.590. The summed E-state index contributed by atoms with van der Waals surface area (Å²) in [6.45, 7) is 5.76. The van der Waals surface area contributed by atoms with Gasteiger partial charge in [0.25, 0.3) is 0 Å². The second-order valence-electron chi connectivity index (χ2n) is 6.25. The zero-order valence-electron chi connectivity index (χ0n) is 12.5. The Morgan fingerprint density at radius 3 is 2.62 bits per heavy atom. The maximum absolute atomic E-state index is 12.1. The van der Waals surface area contributed by atoms with E-state index >= 15 is 0 Å². The quantitative estimate of drug-likeness (QED) is 0.783. The summed E-state index contributed by atoms with van der Waals surface area (Å²) < 4.78 is 0. The largest absolute Gasteiger partial charge is 0.326 e. The smallest absolute Gasteiger partial charge is 0.241 e. The molecule has 116 valence electrons. The molecule has 0 aliphatic carbocycles. The van der Waals surface area contributed by atoms with E-state index in [9.17, 15) is 9.59 Å². The first-order valence-corrected chi connectivity index (χ1v) is 6.76. The Bertz CT molecular complexity index is 552. The van der Waals surface area contributed by atoms with Crippen molar-refractivity contribution >= 4 is 35.6 Å². The van der Waals surface area contributed by atoms with E-state index in [2.05, 4.69) is 10.6 Å². The Kier molecular flexibility index (Phi) is 5.36. The number of carbonyl (C=O) groups is 2. The number of hydrogen-bond donors (Lipinski definition) is 3. The van der Waals surface area contributed by atoms with Gasteiger partial charge in [0, 0.05) is 17.8 Å². The van der Waals surface area contributed by atoms with Gasteiger partial charge in [0.1, 0.15) is 0 Å². The van der Waals surface area contributed by atoms with Crippen molar-refractivity contribution in [3.05, 3.63) is 23.8 Å². The minimum absolute atomic E-state index is 0. The molecule has 2 rings (SSSR count). The van der Waals surface area contributed by atoms with Crippen LogP contribution >= 0.6 is 12.4 Å². The van der Waals surface area contributed by atoms with Crippen LogP contribution in [0, 0.1) is 5.41 Å². The van der Waals surface area contributed by atoms with E-state index in [-0.39, 0.29) is 29.6 Å². The van der Waals surface area contributed by atoms with E-state index in [4.69, 9.17) is 5.73 Å². The third kappa shape index (κ3) is 4.19.